The van der Waals surface area contributed by atoms with Crippen LogP contribution in [-0.2, 0) is 12.5 Å². The molecule has 3 nitrogen and oxygen atoms in total. The van der Waals surface area contributed by atoms with E-state index in [4.69, 9.17) is 11.6 Å². The molecule has 1 saturated carbocycles. The molecule has 2 aliphatic carbocycles. The highest BCUT2D eigenvalue weighted by Gasteiger charge is 2.62. The fourth-order valence-electron chi connectivity index (χ4n) is 4.92. The molecule has 1 aromatic carbocycles. The summed E-state index contributed by atoms with van der Waals surface area (Å²) in [7, 11) is 1.99. The van der Waals surface area contributed by atoms with Crippen molar-refractivity contribution in [1.82, 2.24) is 9.36 Å². The summed E-state index contributed by atoms with van der Waals surface area (Å²) in [5.74, 6) is 0.356. The van der Waals surface area contributed by atoms with Gasteiger partial charge in [0, 0.05) is 18.0 Å². The smallest absolute Gasteiger partial charge is 0.275 e. The first kappa shape index (κ1) is 14.1. The van der Waals surface area contributed by atoms with Crippen LogP contribution in [0, 0.1) is 5.41 Å². The zero-order valence-corrected chi connectivity index (χ0v) is 14.2. The molecule has 0 unspecified atom stereocenters. The highest BCUT2D eigenvalue weighted by molar-refractivity contribution is 6.32. The van der Waals surface area contributed by atoms with Crippen molar-refractivity contribution in [1.29, 1.82) is 0 Å². The van der Waals surface area contributed by atoms with Crippen molar-refractivity contribution in [3.05, 3.63) is 50.9 Å². The van der Waals surface area contributed by atoms with Crippen molar-refractivity contribution in [2.24, 2.45) is 12.5 Å². The Hall–Kier alpha value is -1.48. The summed E-state index contributed by atoms with van der Waals surface area (Å²) in [5.41, 5.74) is 3.31. The molecule has 2 aromatic rings. The van der Waals surface area contributed by atoms with Gasteiger partial charge in [-0.1, -0.05) is 44.5 Å². The normalized spacial score (nSPS) is 28.1. The van der Waals surface area contributed by atoms with E-state index in [0.717, 1.165) is 24.1 Å². The predicted molar refractivity (Wildman–Crippen MR) is 89.1 cm³/mol. The van der Waals surface area contributed by atoms with Crippen LogP contribution in [-0.4, -0.2) is 9.36 Å². The van der Waals surface area contributed by atoms with Gasteiger partial charge < -0.3 is 0 Å². The molecule has 0 aliphatic heterocycles. The Morgan fingerprint density at radius 2 is 1.91 bits per heavy atom. The fraction of sp³-hybridized carbons (Fsp3) is 0.500. The van der Waals surface area contributed by atoms with E-state index in [-0.39, 0.29) is 16.4 Å². The third kappa shape index (κ3) is 1.37. The van der Waals surface area contributed by atoms with E-state index >= 15 is 0 Å². The van der Waals surface area contributed by atoms with Gasteiger partial charge in [-0.25, -0.2) is 4.68 Å². The van der Waals surface area contributed by atoms with Crippen molar-refractivity contribution in [3.63, 3.8) is 0 Å². The molecule has 22 heavy (non-hydrogen) atoms. The summed E-state index contributed by atoms with van der Waals surface area (Å²) in [6.07, 6.45) is 2.26. The van der Waals surface area contributed by atoms with Gasteiger partial charge in [0.1, 0.15) is 0 Å². The van der Waals surface area contributed by atoms with Crippen molar-refractivity contribution >= 4 is 11.6 Å². The lowest BCUT2D eigenvalue weighted by atomic mass is 9.70. The number of hydrogen-bond acceptors (Lipinski definition) is 1. The van der Waals surface area contributed by atoms with Gasteiger partial charge in [-0.05, 0) is 36.3 Å². The van der Waals surface area contributed by atoms with Crippen molar-refractivity contribution in [2.45, 2.75) is 44.9 Å². The topological polar surface area (TPSA) is 26.9 Å². The summed E-state index contributed by atoms with van der Waals surface area (Å²) in [4.78, 5) is 13.1. The maximum Gasteiger partial charge on any atom is 0.275 e. The summed E-state index contributed by atoms with van der Waals surface area (Å²) in [6.45, 7) is 6.93. The Balaban J connectivity index is 2.05. The van der Waals surface area contributed by atoms with Gasteiger partial charge in [0.15, 0.2) is 0 Å². The molecular formula is C18H21ClN2O. The number of hydrogen-bond donors (Lipinski definition) is 0. The van der Waals surface area contributed by atoms with Crippen LogP contribution in [0.1, 0.15) is 50.8 Å². The second kappa shape index (κ2) is 4.08. The molecule has 2 aliphatic rings. The molecule has 0 radical (unpaired) electrons. The third-order valence-corrected chi connectivity index (χ3v) is 6.80. The molecule has 4 heteroatoms. The molecule has 4 rings (SSSR count). The van der Waals surface area contributed by atoms with Crippen molar-refractivity contribution in [2.75, 3.05) is 0 Å². The molecule has 0 saturated heterocycles. The largest absolute Gasteiger partial charge is 0.284 e. The average molecular weight is 317 g/mol. The number of benzene rings is 1. The SMILES string of the molecule is Cn1c2c(c(=O)n1-c1ccccc1Cl)[C@@H]1CC[C@@]2(C)C1(C)C. The molecule has 116 valence electrons. The molecule has 2 bridgehead atoms. The lowest BCUT2D eigenvalue weighted by Gasteiger charge is -2.36. The molecule has 1 aromatic heterocycles. The van der Waals surface area contributed by atoms with Crippen LogP contribution >= 0.6 is 11.6 Å². The molecule has 2 atom stereocenters. The predicted octanol–water partition coefficient (Wildman–Crippen LogP) is 4.00. The van der Waals surface area contributed by atoms with Gasteiger partial charge >= 0.3 is 0 Å². The van der Waals surface area contributed by atoms with E-state index in [1.54, 1.807) is 4.68 Å². The van der Waals surface area contributed by atoms with Crippen LogP contribution in [0.3, 0.4) is 0 Å². The Morgan fingerprint density at radius 1 is 1.23 bits per heavy atom. The van der Waals surface area contributed by atoms with Crippen LogP contribution in [0.15, 0.2) is 29.1 Å². The van der Waals surface area contributed by atoms with Crippen LogP contribution in [0.25, 0.3) is 5.69 Å². The minimum absolute atomic E-state index is 0.0629. The number of fused-ring (bicyclic) bond motifs is 5. The molecule has 1 heterocycles. The standard InChI is InChI=1S/C18H21ClN2O/c1-17(2)11-9-10-18(17,3)15-14(11)16(22)21(20(15)4)13-8-6-5-7-12(13)19/h5-8,11H,9-10H2,1-4H3/t11-,18+/m0/s1. The van der Waals surface area contributed by atoms with E-state index in [0.29, 0.717) is 10.9 Å². The van der Waals surface area contributed by atoms with Gasteiger partial charge in [0.25, 0.3) is 5.56 Å². The van der Waals surface area contributed by atoms with E-state index < -0.39 is 0 Å². The van der Waals surface area contributed by atoms with Crippen LogP contribution in [0.4, 0.5) is 0 Å². The van der Waals surface area contributed by atoms with Gasteiger partial charge in [-0.2, -0.15) is 0 Å². The van der Waals surface area contributed by atoms with Gasteiger partial charge in [-0.3, -0.25) is 9.48 Å². The zero-order chi connectivity index (χ0) is 15.9. The molecule has 0 N–H and O–H groups in total. The highest BCUT2D eigenvalue weighted by atomic mass is 35.5. The summed E-state index contributed by atoms with van der Waals surface area (Å²) in [5, 5.41) is 0.612. The lowest BCUT2D eigenvalue weighted by molar-refractivity contribution is 0.218. The number of para-hydroxylation sites is 1. The molecular weight excluding hydrogens is 296 g/mol. The second-order valence-corrected chi connectivity index (χ2v) is 7.91. The summed E-state index contributed by atoms with van der Waals surface area (Å²) in [6, 6.07) is 7.56. The van der Waals surface area contributed by atoms with Crippen LogP contribution in [0.2, 0.25) is 5.02 Å². The Morgan fingerprint density at radius 3 is 2.55 bits per heavy atom. The number of halogens is 1. The first-order valence-electron chi connectivity index (χ1n) is 7.88. The quantitative estimate of drug-likeness (QED) is 0.781. The van der Waals surface area contributed by atoms with Gasteiger partial charge in [0.2, 0.25) is 0 Å². The Labute approximate surface area is 135 Å². The number of rotatable bonds is 1. The van der Waals surface area contributed by atoms with Gasteiger partial charge in [0.05, 0.1) is 16.4 Å². The van der Waals surface area contributed by atoms with E-state index in [2.05, 4.69) is 20.8 Å². The fourth-order valence-corrected chi connectivity index (χ4v) is 5.13. The first-order valence-corrected chi connectivity index (χ1v) is 8.26. The zero-order valence-electron chi connectivity index (χ0n) is 13.5. The van der Waals surface area contributed by atoms with E-state index in [9.17, 15) is 4.79 Å². The first-order chi connectivity index (χ1) is 10.3. The Kier molecular flexibility index (Phi) is 2.62. The minimum Gasteiger partial charge on any atom is -0.284 e. The number of nitrogens with zero attached hydrogens (tertiary/aromatic N) is 2. The summed E-state index contributed by atoms with van der Waals surface area (Å²) >= 11 is 6.33. The molecule has 1 fully saturated rings. The molecule has 0 amide bonds. The average Bonchev–Trinajstić information content (AvgIpc) is 2.92. The van der Waals surface area contributed by atoms with Crippen LogP contribution in [0.5, 0.6) is 0 Å². The second-order valence-electron chi connectivity index (χ2n) is 7.50. The van der Waals surface area contributed by atoms with Gasteiger partial charge in [-0.15, -0.1) is 0 Å². The maximum absolute atomic E-state index is 13.1. The maximum atomic E-state index is 13.1. The van der Waals surface area contributed by atoms with E-state index in [1.807, 2.05) is 36.0 Å². The third-order valence-electron chi connectivity index (χ3n) is 6.48. The summed E-state index contributed by atoms with van der Waals surface area (Å²) < 4.78 is 3.79. The molecule has 0 spiro atoms. The number of aromatic nitrogens is 2. The minimum atomic E-state index is 0.0629. The lowest BCUT2D eigenvalue weighted by Crippen LogP contribution is -2.35. The van der Waals surface area contributed by atoms with E-state index in [1.165, 1.54) is 5.69 Å². The monoisotopic (exact) mass is 316 g/mol. The highest BCUT2D eigenvalue weighted by Crippen LogP contribution is 2.66. The van der Waals surface area contributed by atoms with Crippen molar-refractivity contribution < 1.29 is 0 Å². The van der Waals surface area contributed by atoms with Crippen molar-refractivity contribution in [3.8, 4) is 5.69 Å². The Bertz CT molecular complexity index is 845. The van der Waals surface area contributed by atoms with Crippen LogP contribution < -0.4 is 5.56 Å².